The first-order chi connectivity index (χ1) is 13.8. The summed E-state index contributed by atoms with van der Waals surface area (Å²) in [6, 6.07) is 10.8. The van der Waals surface area contributed by atoms with Crippen LogP contribution in [0, 0.1) is 5.82 Å². The molecule has 1 aliphatic heterocycles. The number of imide groups is 1. The quantitative estimate of drug-likeness (QED) is 0.700. The molecule has 0 bridgehead atoms. The number of hydrogen-bond acceptors (Lipinski definition) is 6. The van der Waals surface area contributed by atoms with Crippen LogP contribution in [0.5, 0.6) is 5.75 Å². The van der Waals surface area contributed by atoms with Crippen molar-refractivity contribution in [2.24, 2.45) is 0 Å². The Bertz CT molecular complexity index is 997. The van der Waals surface area contributed by atoms with E-state index < -0.39 is 40.5 Å². The van der Waals surface area contributed by atoms with Crippen LogP contribution in [0.3, 0.4) is 0 Å². The average Bonchev–Trinajstić information content (AvgIpc) is 3.01. The molecule has 1 atom stereocenters. The van der Waals surface area contributed by atoms with Gasteiger partial charge in [-0.05, 0) is 30.7 Å². The van der Waals surface area contributed by atoms with Crippen LogP contribution in [-0.4, -0.2) is 45.1 Å². The van der Waals surface area contributed by atoms with Crippen LogP contribution >= 0.6 is 0 Å². The summed E-state index contributed by atoms with van der Waals surface area (Å²) in [6.07, 6.45) is -0.845. The first-order valence-electron chi connectivity index (χ1n) is 8.78. The molecule has 0 aromatic heterocycles. The number of nitrogens with one attached hydrogen (secondary N) is 1. The number of benzene rings is 2. The highest BCUT2D eigenvalue weighted by Crippen LogP contribution is 2.24. The van der Waals surface area contributed by atoms with Gasteiger partial charge >= 0.3 is 6.09 Å². The van der Waals surface area contributed by atoms with Gasteiger partial charge in [0.05, 0.1) is 24.1 Å². The number of halogens is 1. The third kappa shape index (κ3) is 4.72. The fourth-order valence-corrected chi connectivity index (χ4v) is 4.04. The number of carbonyl (C=O) groups excluding carboxylic acids is 2. The molecule has 3 rings (SSSR count). The Morgan fingerprint density at radius 1 is 1.21 bits per heavy atom. The molecule has 1 heterocycles. The molecule has 1 aliphatic rings. The zero-order valence-electron chi connectivity index (χ0n) is 15.5. The number of amides is 2. The summed E-state index contributed by atoms with van der Waals surface area (Å²) in [5.74, 6) is -1.44. The number of hydrogen-bond donors (Lipinski definition) is 1. The van der Waals surface area contributed by atoms with Gasteiger partial charge in [0.25, 0.3) is 5.91 Å². The van der Waals surface area contributed by atoms with Crippen LogP contribution < -0.4 is 9.46 Å². The van der Waals surface area contributed by atoms with Crippen LogP contribution in [0.25, 0.3) is 0 Å². The molecule has 0 aliphatic carbocycles. The Morgan fingerprint density at radius 2 is 1.93 bits per heavy atom. The summed E-state index contributed by atoms with van der Waals surface area (Å²) in [7, 11) is -4.17. The van der Waals surface area contributed by atoms with Crippen LogP contribution in [0.2, 0.25) is 0 Å². The van der Waals surface area contributed by atoms with E-state index >= 15 is 0 Å². The number of cyclic esters (lactones) is 1. The van der Waals surface area contributed by atoms with Gasteiger partial charge in [0, 0.05) is 0 Å². The maximum absolute atomic E-state index is 14.1. The van der Waals surface area contributed by atoms with E-state index in [1.807, 2.05) is 0 Å². The van der Waals surface area contributed by atoms with Crippen molar-refractivity contribution in [1.29, 1.82) is 0 Å². The van der Waals surface area contributed by atoms with Gasteiger partial charge in [-0.25, -0.2) is 27.2 Å². The Hall–Kier alpha value is -2.98. The summed E-state index contributed by atoms with van der Waals surface area (Å²) >= 11 is 0. The minimum absolute atomic E-state index is 0.0588. The monoisotopic (exact) mass is 422 g/mol. The van der Waals surface area contributed by atoms with Crippen molar-refractivity contribution in [1.82, 2.24) is 9.62 Å². The highest BCUT2D eigenvalue weighted by molar-refractivity contribution is 7.89. The zero-order chi connectivity index (χ0) is 21.0. The summed E-state index contributed by atoms with van der Waals surface area (Å²) in [4.78, 5) is 24.2. The lowest BCUT2D eigenvalue weighted by atomic mass is 10.1. The molecule has 2 aromatic rings. The summed E-state index contributed by atoms with van der Waals surface area (Å²) in [5, 5.41) is 0. The van der Waals surface area contributed by atoms with E-state index in [1.165, 1.54) is 12.1 Å². The minimum atomic E-state index is -4.17. The van der Waals surface area contributed by atoms with Crippen molar-refractivity contribution in [3.63, 3.8) is 0 Å². The van der Waals surface area contributed by atoms with Gasteiger partial charge in [-0.2, -0.15) is 0 Å². The molecule has 2 aromatic carbocycles. The molecule has 1 saturated heterocycles. The van der Waals surface area contributed by atoms with E-state index in [-0.39, 0.29) is 23.8 Å². The molecular formula is C19H19FN2O6S. The van der Waals surface area contributed by atoms with Gasteiger partial charge in [-0.1, -0.05) is 30.3 Å². The van der Waals surface area contributed by atoms with E-state index in [9.17, 15) is 22.4 Å². The van der Waals surface area contributed by atoms with Crippen molar-refractivity contribution in [3.8, 4) is 5.75 Å². The second-order valence-corrected chi connectivity index (χ2v) is 7.88. The number of ether oxygens (including phenoxy) is 2. The maximum atomic E-state index is 14.1. The fraction of sp³-hybridized carbons (Fsp3) is 0.263. The molecule has 8 nitrogen and oxygen atoms in total. The van der Waals surface area contributed by atoms with Crippen LogP contribution in [-0.2, 0) is 19.6 Å². The van der Waals surface area contributed by atoms with Crippen LogP contribution in [0.1, 0.15) is 18.5 Å². The molecule has 29 heavy (non-hydrogen) atoms. The van der Waals surface area contributed by atoms with Crippen LogP contribution in [0.4, 0.5) is 9.18 Å². The molecule has 154 valence electrons. The molecule has 1 N–H and O–H groups in total. The van der Waals surface area contributed by atoms with Gasteiger partial charge < -0.3 is 9.47 Å². The second-order valence-electron chi connectivity index (χ2n) is 6.17. The molecule has 0 saturated carbocycles. The lowest BCUT2D eigenvalue weighted by Gasteiger charge is -2.22. The SMILES string of the molecule is CCOc1ccc(S(=O)(=O)NC(CN2C(=O)COC2=O)c2ccccc2)cc1F. The first kappa shape index (κ1) is 20.7. The number of carbonyl (C=O) groups is 2. The topological polar surface area (TPSA) is 102 Å². The maximum Gasteiger partial charge on any atom is 0.417 e. The van der Waals surface area contributed by atoms with E-state index in [2.05, 4.69) is 9.46 Å². The molecule has 0 spiro atoms. The number of sulfonamides is 1. The Labute approximate surface area is 167 Å². The van der Waals surface area contributed by atoms with Gasteiger partial charge in [-0.15, -0.1) is 0 Å². The normalized spacial score (nSPS) is 15.3. The Balaban J connectivity index is 1.89. The Kier molecular flexibility index (Phi) is 6.14. The van der Waals surface area contributed by atoms with Crippen molar-refractivity contribution in [2.45, 2.75) is 17.9 Å². The summed E-state index contributed by atoms with van der Waals surface area (Å²) in [5.41, 5.74) is 0.523. The van der Waals surface area contributed by atoms with Crippen molar-refractivity contribution >= 4 is 22.0 Å². The Morgan fingerprint density at radius 3 is 2.52 bits per heavy atom. The molecule has 2 amide bonds. The number of nitrogens with zero attached hydrogens (tertiary/aromatic N) is 1. The first-order valence-corrected chi connectivity index (χ1v) is 10.3. The summed E-state index contributed by atoms with van der Waals surface area (Å²) < 4.78 is 52.0. The van der Waals surface area contributed by atoms with Gasteiger partial charge in [0.1, 0.15) is 0 Å². The average molecular weight is 422 g/mol. The van der Waals surface area contributed by atoms with E-state index in [1.54, 1.807) is 37.3 Å². The van der Waals surface area contributed by atoms with E-state index in [0.29, 0.717) is 5.56 Å². The van der Waals surface area contributed by atoms with E-state index in [4.69, 9.17) is 4.74 Å². The van der Waals surface area contributed by atoms with Crippen molar-refractivity contribution in [3.05, 3.63) is 59.9 Å². The fourth-order valence-electron chi connectivity index (χ4n) is 2.81. The highest BCUT2D eigenvalue weighted by Gasteiger charge is 2.34. The number of rotatable bonds is 8. The second kappa shape index (κ2) is 8.58. The van der Waals surface area contributed by atoms with Crippen LogP contribution in [0.15, 0.2) is 53.4 Å². The van der Waals surface area contributed by atoms with Crippen molar-refractivity contribution in [2.75, 3.05) is 19.8 Å². The van der Waals surface area contributed by atoms with E-state index in [0.717, 1.165) is 11.0 Å². The zero-order valence-corrected chi connectivity index (χ0v) is 16.3. The standard InChI is InChI=1S/C19H19FN2O6S/c1-2-27-17-9-8-14(10-15(17)20)29(25,26)21-16(13-6-4-3-5-7-13)11-22-18(23)12-28-19(22)24/h3-10,16,21H,2,11-12H2,1H3. The lowest BCUT2D eigenvalue weighted by molar-refractivity contribution is -0.126. The molecule has 0 radical (unpaired) electrons. The van der Waals surface area contributed by atoms with Gasteiger partial charge in [-0.3, -0.25) is 4.79 Å². The minimum Gasteiger partial charge on any atom is -0.491 e. The largest absolute Gasteiger partial charge is 0.491 e. The third-order valence-electron chi connectivity index (χ3n) is 4.22. The van der Waals surface area contributed by atoms with Crippen molar-refractivity contribution < 1.29 is 31.9 Å². The molecule has 1 fully saturated rings. The molecule has 1 unspecified atom stereocenters. The molecule has 10 heteroatoms. The third-order valence-corrected chi connectivity index (χ3v) is 5.69. The predicted molar refractivity (Wildman–Crippen MR) is 100 cm³/mol. The lowest BCUT2D eigenvalue weighted by Crippen LogP contribution is -2.40. The summed E-state index contributed by atoms with van der Waals surface area (Å²) in [6.45, 7) is 1.26. The molecular weight excluding hydrogens is 403 g/mol. The predicted octanol–water partition coefficient (Wildman–Crippen LogP) is 2.22. The smallest absolute Gasteiger partial charge is 0.417 e. The van der Waals surface area contributed by atoms with Gasteiger partial charge in [0.2, 0.25) is 10.0 Å². The highest BCUT2D eigenvalue weighted by atomic mass is 32.2. The van der Waals surface area contributed by atoms with Gasteiger partial charge in [0.15, 0.2) is 18.2 Å².